The fourth-order valence-corrected chi connectivity index (χ4v) is 3.72. The second kappa shape index (κ2) is 11.8. The molecule has 10 atom stereocenters. The van der Waals surface area contributed by atoms with Gasteiger partial charge < -0.3 is 48.8 Å². The summed E-state index contributed by atoms with van der Waals surface area (Å²) in [6.07, 6.45) is -13.6. The van der Waals surface area contributed by atoms with Gasteiger partial charge in [-0.25, -0.2) is 14.0 Å². The van der Waals surface area contributed by atoms with E-state index in [4.69, 9.17) is 33.0 Å². The molecule has 0 saturated carbocycles. The molecular weight excluding hydrogens is 478 g/mol. The van der Waals surface area contributed by atoms with Gasteiger partial charge in [0.1, 0.15) is 42.7 Å². The van der Waals surface area contributed by atoms with Crippen LogP contribution in [0.1, 0.15) is 0 Å². The number of nitrogens with zero attached hydrogens (tertiary/aromatic N) is 1. The lowest BCUT2D eigenvalue weighted by Crippen LogP contribution is -2.65. The zero-order chi connectivity index (χ0) is 24.9. The second-order valence-corrected chi connectivity index (χ2v) is 8.10. The van der Waals surface area contributed by atoms with E-state index in [0.717, 1.165) is 13.5 Å². The molecule has 0 amide bonds. The summed E-state index contributed by atoms with van der Waals surface area (Å²) >= 11 is 0. The molecule has 2 heterocycles. The van der Waals surface area contributed by atoms with Crippen LogP contribution >= 0.6 is 0 Å². The lowest BCUT2D eigenvalue weighted by molar-refractivity contribution is -0.341. The van der Waals surface area contributed by atoms with Gasteiger partial charge in [0, 0.05) is 14.2 Å². The van der Waals surface area contributed by atoms with E-state index in [1.807, 2.05) is 0 Å². The van der Waals surface area contributed by atoms with Crippen LogP contribution in [-0.2, 0) is 47.8 Å². The van der Waals surface area contributed by atoms with Gasteiger partial charge in [0.25, 0.3) is 0 Å². The third-order valence-corrected chi connectivity index (χ3v) is 5.38. The highest BCUT2D eigenvalue weighted by Crippen LogP contribution is 2.31. The van der Waals surface area contributed by atoms with Crippen LogP contribution in [0.15, 0.2) is 4.99 Å². The van der Waals surface area contributed by atoms with Crippen molar-refractivity contribution in [3.05, 3.63) is 0 Å². The maximum absolute atomic E-state index is 11.5. The molecule has 33 heavy (non-hydrogen) atoms. The second-order valence-electron chi connectivity index (χ2n) is 7.01. The first-order chi connectivity index (χ1) is 15.4. The summed E-state index contributed by atoms with van der Waals surface area (Å²) in [5.41, 5.74) is 0. The van der Waals surface area contributed by atoms with Crippen molar-refractivity contribution >= 4 is 22.8 Å². The molecule has 0 bridgehead atoms. The highest BCUT2D eigenvalue weighted by atomic mass is 32.3. The van der Waals surface area contributed by atoms with Crippen molar-refractivity contribution in [2.75, 3.05) is 27.9 Å². The number of carbonyl (C=O) groups is 1. The molecule has 16 nitrogen and oxygen atoms in total. The molecule has 0 aromatic rings. The van der Waals surface area contributed by atoms with Crippen molar-refractivity contribution in [2.24, 2.45) is 4.99 Å². The number of hydrogen-bond donors (Lipinski definition) is 5. The molecule has 192 valence electrons. The van der Waals surface area contributed by atoms with Crippen LogP contribution in [0.25, 0.3) is 0 Å². The van der Waals surface area contributed by atoms with Gasteiger partial charge in [-0.2, -0.15) is 8.42 Å². The topological polar surface area (TPSA) is 229 Å². The third kappa shape index (κ3) is 6.76. The molecule has 2 aliphatic rings. The molecule has 0 aliphatic carbocycles. The molecule has 17 heteroatoms. The Labute approximate surface area is 188 Å². The lowest BCUT2D eigenvalue weighted by Gasteiger charge is -2.46. The SMILES string of the molecule is CO/C=N\C1C(OC)OC(COS(=O)(=O)O)C(OC2OC(C(=O)O)C(OC)C(O)C2O)C1O. The van der Waals surface area contributed by atoms with E-state index < -0.39 is 84.3 Å². The first-order valence-corrected chi connectivity index (χ1v) is 10.8. The summed E-state index contributed by atoms with van der Waals surface area (Å²) in [4.78, 5) is 15.4. The molecule has 2 rings (SSSR count). The standard InChI is InChI=1S/C16H27NO15S/c1-26-5-17-7-8(18)11(6(30-15(7)28-3)4-29-33(23,24)25)31-16-10(20)9(19)12(27-2)13(32-16)14(21)22/h5-13,15-16,18-20H,4H2,1-3H3,(H,21,22)(H,23,24,25)/b17-5-. The Morgan fingerprint density at radius 1 is 1.00 bits per heavy atom. The summed E-state index contributed by atoms with van der Waals surface area (Å²) in [7, 11) is -1.33. The fraction of sp³-hybridized carbons (Fsp3) is 0.875. The summed E-state index contributed by atoms with van der Waals surface area (Å²) in [5, 5.41) is 40.8. The van der Waals surface area contributed by atoms with Gasteiger partial charge in [-0.05, 0) is 0 Å². The Hall–Kier alpha value is -1.51. The zero-order valence-corrected chi connectivity index (χ0v) is 18.5. The van der Waals surface area contributed by atoms with Gasteiger partial charge in [0.15, 0.2) is 25.1 Å². The maximum Gasteiger partial charge on any atom is 0.397 e. The van der Waals surface area contributed by atoms with Gasteiger partial charge in [-0.3, -0.25) is 4.55 Å². The first kappa shape index (κ1) is 27.7. The lowest BCUT2D eigenvalue weighted by atomic mass is 9.95. The van der Waals surface area contributed by atoms with E-state index in [0.29, 0.717) is 0 Å². The smallest absolute Gasteiger partial charge is 0.397 e. The minimum atomic E-state index is -4.92. The van der Waals surface area contributed by atoms with Crippen LogP contribution in [0.2, 0.25) is 0 Å². The Kier molecular flexibility index (Phi) is 9.88. The highest BCUT2D eigenvalue weighted by molar-refractivity contribution is 7.80. The van der Waals surface area contributed by atoms with Gasteiger partial charge >= 0.3 is 16.4 Å². The molecule has 0 aromatic heterocycles. The Balaban J connectivity index is 2.33. The van der Waals surface area contributed by atoms with Crippen molar-refractivity contribution in [3.8, 4) is 0 Å². The van der Waals surface area contributed by atoms with Crippen LogP contribution in [0.4, 0.5) is 0 Å². The van der Waals surface area contributed by atoms with Gasteiger partial charge in [0.2, 0.25) is 0 Å². The van der Waals surface area contributed by atoms with Crippen LogP contribution in [0.3, 0.4) is 0 Å². The average Bonchev–Trinajstić information content (AvgIpc) is 2.75. The van der Waals surface area contributed by atoms with E-state index in [-0.39, 0.29) is 0 Å². The van der Waals surface area contributed by atoms with Crippen LogP contribution in [-0.4, -0.2) is 135 Å². The normalized spacial score (nSPS) is 40.1. The van der Waals surface area contributed by atoms with E-state index in [2.05, 4.69) is 9.18 Å². The van der Waals surface area contributed by atoms with Gasteiger partial charge in [0.05, 0.1) is 13.7 Å². The fourth-order valence-electron chi connectivity index (χ4n) is 3.41. The molecule has 0 aromatic carbocycles. The number of aliphatic imine (C=N–C) groups is 1. The number of rotatable bonds is 10. The van der Waals surface area contributed by atoms with Crippen molar-refractivity contribution in [1.29, 1.82) is 0 Å². The van der Waals surface area contributed by atoms with Crippen LogP contribution in [0, 0.1) is 0 Å². The minimum Gasteiger partial charge on any atom is -0.487 e. The monoisotopic (exact) mass is 505 g/mol. The number of aliphatic hydroxyl groups excluding tert-OH is 3. The molecular formula is C16H27NO15S. The van der Waals surface area contributed by atoms with Crippen LogP contribution in [0.5, 0.6) is 0 Å². The molecule has 2 saturated heterocycles. The number of aliphatic hydroxyl groups is 3. The molecule has 0 spiro atoms. The molecule has 0 radical (unpaired) electrons. The Bertz CT molecular complexity index is 778. The third-order valence-electron chi connectivity index (χ3n) is 4.94. The number of methoxy groups -OCH3 is 3. The number of aliphatic carboxylic acids is 1. The summed E-state index contributed by atoms with van der Waals surface area (Å²) < 4.78 is 66.2. The Morgan fingerprint density at radius 2 is 1.67 bits per heavy atom. The maximum atomic E-state index is 11.5. The number of carboxylic acid groups (broad SMARTS) is 1. The summed E-state index contributed by atoms with van der Waals surface area (Å²) in [5.74, 6) is -1.53. The summed E-state index contributed by atoms with van der Waals surface area (Å²) in [6.45, 7) is -0.879. The Morgan fingerprint density at radius 3 is 2.18 bits per heavy atom. The molecule has 2 aliphatic heterocycles. The predicted octanol–water partition coefficient (Wildman–Crippen LogP) is -3.49. The van der Waals surface area contributed by atoms with Crippen molar-refractivity contribution in [1.82, 2.24) is 0 Å². The summed E-state index contributed by atoms with van der Waals surface area (Å²) in [6, 6.07) is -1.20. The molecule has 2 fully saturated rings. The zero-order valence-electron chi connectivity index (χ0n) is 17.7. The molecule has 5 N–H and O–H groups in total. The number of hydrogen-bond acceptors (Lipinski definition) is 14. The number of ether oxygens (including phenoxy) is 6. The van der Waals surface area contributed by atoms with Crippen molar-refractivity contribution in [3.63, 3.8) is 0 Å². The van der Waals surface area contributed by atoms with E-state index in [9.17, 15) is 33.6 Å². The van der Waals surface area contributed by atoms with Gasteiger partial charge in [-0.1, -0.05) is 0 Å². The van der Waals surface area contributed by atoms with E-state index in [1.165, 1.54) is 14.2 Å². The quantitative estimate of drug-likeness (QED) is 0.110. The van der Waals surface area contributed by atoms with Crippen molar-refractivity contribution in [2.45, 2.75) is 61.3 Å². The van der Waals surface area contributed by atoms with Crippen molar-refractivity contribution < 1.29 is 70.8 Å². The van der Waals surface area contributed by atoms with Crippen LogP contribution < -0.4 is 0 Å². The highest BCUT2D eigenvalue weighted by Gasteiger charge is 2.53. The largest absolute Gasteiger partial charge is 0.487 e. The number of carboxylic acids is 1. The average molecular weight is 505 g/mol. The van der Waals surface area contributed by atoms with Gasteiger partial charge in [-0.15, -0.1) is 0 Å². The molecule has 10 unspecified atom stereocenters. The minimum absolute atomic E-state index is 0.879. The first-order valence-electron chi connectivity index (χ1n) is 9.40. The van der Waals surface area contributed by atoms with E-state index in [1.54, 1.807) is 0 Å². The predicted molar refractivity (Wildman–Crippen MR) is 102 cm³/mol. The van der Waals surface area contributed by atoms with E-state index >= 15 is 0 Å².